The number of nitrogens with zero attached hydrogens (tertiary/aromatic N) is 1. The average molecular weight is 363 g/mol. The lowest BCUT2D eigenvalue weighted by molar-refractivity contribution is -0.124. The zero-order valence-electron chi connectivity index (χ0n) is 14.3. The summed E-state index contributed by atoms with van der Waals surface area (Å²) in [7, 11) is 1.59. The van der Waals surface area contributed by atoms with E-state index in [1.807, 2.05) is 12.1 Å². The van der Waals surface area contributed by atoms with Crippen molar-refractivity contribution in [1.82, 2.24) is 10.3 Å². The molecule has 2 rings (SSSR count). The molecule has 0 saturated heterocycles. The average Bonchev–Trinajstić information content (AvgIpc) is 2.57. The van der Waals surface area contributed by atoms with Gasteiger partial charge in [0.05, 0.1) is 12.7 Å². The number of hydrogen-bond acceptors (Lipinski definition) is 5. The molecule has 25 heavy (non-hydrogen) atoms. The van der Waals surface area contributed by atoms with Crippen LogP contribution in [0.25, 0.3) is 0 Å². The molecular formula is C18H19ClN2O4. The van der Waals surface area contributed by atoms with Crippen LogP contribution in [-0.2, 0) is 16.1 Å². The van der Waals surface area contributed by atoms with Gasteiger partial charge in [-0.25, -0.2) is 9.78 Å². The quantitative estimate of drug-likeness (QED) is 0.631. The van der Waals surface area contributed by atoms with Gasteiger partial charge in [-0.05, 0) is 43.2 Å². The summed E-state index contributed by atoms with van der Waals surface area (Å²) >= 11 is 5.99. The lowest BCUT2D eigenvalue weighted by Crippen LogP contribution is -2.28. The first kappa shape index (κ1) is 18.7. The van der Waals surface area contributed by atoms with Crippen LogP contribution in [0.5, 0.6) is 5.75 Å². The van der Waals surface area contributed by atoms with E-state index >= 15 is 0 Å². The molecule has 1 amide bonds. The minimum absolute atomic E-state index is 0.0705. The summed E-state index contributed by atoms with van der Waals surface area (Å²) in [5.41, 5.74) is 2.44. The summed E-state index contributed by atoms with van der Waals surface area (Å²) in [5, 5.41) is 2.75. The van der Waals surface area contributed by atoms with Crippen LogP contribution in [0.1, 0.15) is 27.2 Å². The minimum atomic E-state index is -0.672. The van der Waals surface area contributed by atoms with E-state index in [1.54, 1.807) is 39.2 Å². The first-order valence-electron chi connectivity index (χ1n) is 7.61. The van der Waals surface area contributed by atoms with E-state index in [0.29, 0.717) is 17.8 Å². The largest absolute Gasteiger partial charge is 0.497 e. The highest BCUT2D eigenvalue weighted by atomic mass is 35.5. The molecule has 0 aliphatic rings. The summed E-state index contributed by atoms with van der Waals surface area (Å²) in [6.45, 7) is 3.45. The number of pyridine rings is 1. The zero-order valence-corrected chi connectivity index (χ0v) is 15.0. The number of nitrogens with one attached hydrogen (secondary N) is 1. The molecule has 0 unspecified atom stereocenters. The molecule has 1 N–H and O–H groups in total. The maximum Gasteiger partial charge on any atom is 0.342 e. The van der Waals surface area contributed by atoms with Crippen LogP contribution in [0.4, 0.5) is 0 Å². The second-order valence-corrected chi connectivity index (χ2v) is 5.81. The van der Waals surface area contributed by atoms with Crippen molar-refractivity contribution < 1.29 is 19.1 Å². The normalized spacial score (nSPS) is 10.2. The Morgan fingerprint density at radius 3 is 2.48 bits per heavy atom. The number of halogens is 1. The maximum absolute atomic E-state index is 12.1. The fourth-order valence-corrected chi connectivity index (χ4v) is 2.59. The number of amides is 1. The fraction of sp³-hybridized carbons (Fsp3) is 0.278. The molecule has 6 nitrogen and oxygen atoms in total. The lowest BCUT2D eigenvalue weighted by atomic mass is 10.1. The van der Waals surface area contributed by atoms with E-state index in [-0.39, 0.29) is 10.7 Å². The van der Waals surface area contributed by atoms with Crippen molar-refractivity contribution in [3.8, 4) is 5.75 Å². The Hall–Kier alpha value is -2.60. The van der Waals surface area contributed by atoms with Gasteiger partial charge in [-0.1, -0.05) is 23.7 Å². The molecule has 0 bridgehead atoms. The predicted octanol–water partition coefficient (Wildman–Crippen LogP) is 2.83. The first-order valence-corrected chi connectivity index (χ1v) is 7.99. The predicted molar refractivity (Wildman–Crippen MR) is 93.8 cm³/mol. The number of hydrogen-bond donors (Lipinski definition) is 1. The van der Waals surface area contributed by atoms with E-state index in [4.69, 9.17) is 21.1 Å². The van der Waals surface area contributed by atoms with Gasteiger partial charge in [-0.2, -0.15) is 0 Å². The molecule has 0 atom stereocenters. The lowest BCUT2D eigenvalue weighted by Gasteiger charge is -2.10. The SMILES string of the molecule is COc1ccc(CNC(=O)COC(=O)c2c(C)cc(C)nc2Cl)cc1. The van der Waals surface area contributed by atoms with Crippen molar-refractivity contribution in [2.24, 2.45) is 0 Å². The van der Waals surface area contributed by atoms with Gasteiger partial charge in [0.15, 0.2) is 6.61 Å². The molecule has 0 saturated carbocycles. The molecule has 1 heterocycles. The third-order valence-corrected chi connectivity index (χ3v) is 3.76. The van der Waals surface area contributed by atoms with Crippen LogP contribution in [0.3, 0.4) is 0 Å². The standard InChI is InChI=1S/C18H19ClN2O4/c1-11-8-12(2)21-17(19)16(11)18(23)25-10-15(22)20-9-13-4-6-14(24-3)7-5-13/h4-8H,9-10H2,1-3H3,(H,20,22). The summed E-state index contributed by atoms with van der Waals surface area (Å²) < 4.78 is 10.1. The van der Waals surface area contributed by atoms with Crippen molar-refractivity contribution in [2.75, 3.05) is 13.7 Å². The third kappa shape index (κ3) is 5.19. The number of benzene rings is 1. The summed E-state index contributed by atoms with van der Waals surface area (Å²) in [4.78, 5) is 28.0. The van der Waals surface area contributed by atoms with Gasteiger partial charge >= 0.3 is 5.97 Å². The van der Waals surface area contributed by atoms with Crippen LogP contribution in [0.2, 0.25) is 5.15 Å². The van der Waals surface area contributed by atoms with Crippen molar-refractivity contribution in [2.45, 2.75) is 20.4 Å². The number of rotatable bonds is 6. The smallest absolute Gasteiger partial charge is 0.342 e. The van der Waals surface area contributed by atoms with Gasteiger partial charge < -0.3 is 14.8 Å². The molecule has 132 valence electrons. The molecule has 0 aliphatic heterocycles. The highest BCUT2D eigenvalue weighted by Crippen LogP contribution is 2.19. The molecule has 1 aromatic heterocycles. The van der Waals surface area contributed by atoms with Crippen molar-refractivity contribution >= 4 is 23.5 Å². The van der Waals surface area contributed by atoms with E-state index < -0.39 is 18.5 Å². The second kappa shape index (κ2) is 8.48. The molecule has 7 heteroatoms. The topological polar surface area (TPSA) is 77.5 Å². The molecule has 0 radical (unpaired) electrons. The van der Waals surface area contributed by atoms with Crippen LogP contribution in [0, 0.1) is 13.8 Å². The Labute approximate surface area is 151 Å². The van der Waals surface area contributed by atoms with Gasteiger partial charge in [-0.3, -0.25) is 4.79 Å². The summed E-state index contributed by atoms with van der Waals surface area (Å²) in [5.74, 6) is -0.337. The Morgan fingerprint density at radius 1 is 1.20 bits per heavy atom. The molecule has 2 aromatic rings. The number of carbonyl (C=O) groups is 2. The Kier molecular flexibility index (Phi) is 6.36. The minimum Gasteiger partial charge on any atom is -0.497 e. The van der Waals surface area contributed by atoms with Crippen LogP contribution < -0.4 is 10.1 Å². The molecular weight excluding hydrogens is 344 g/mol. The van der Waals surface area contributed by atoms with E-state index in [9.17, 15) is 9.59 Å². The number of esters is 1. The molecule has 0 spiro atoms. The third-order valence-electron chi connectivity index (χ3n) is 3.49. The molecule has 0 fully saturated rings. The Bertz CT molecular complexity index is 752. The highest BCUT2D eigenvalue weighted by Gasteiger charge is 2.18. The van der Waals surface area contributed by atoms with E-state index in [2.05, 4.69) is 10.3 Å². The van der Waals surface area contributed by atoms with Crippen molar-refractivity contribution in [1.29, 1.82) is 0 Å². The Morgan fingerprint density at radius 2 is 1.88 bits per heavy atom. The number of methoxy groups -OCH3 is 1. The van der Waals surface area contributed by atoms with Crippen LogP contribution in [-0.4, -0.2) is 30.6 Å². The second-order valence-electron chi connectivity index (χ2n) is 5.45. The van der Waals surface area contributed by atoms with Crippen LogP contribution >= 0.6 is 11.6 Å². The number of aryl methyl sites for hydroxylation is 2. The van der Waals surface area contributed by atoms with Crippen molar-refractivity contribution in [3.05, 3.63) is 57.9 Å². The molecule has 0 aliphatic carbocycles. The van der Waals surface area contributed by atoms with Gasteiger partial charge in [0.25, 0.3) is 5.91 Å². The number of aromatic nitrogens is 1. The maximum atomic E-state index is 12.1. The number of ether oxygens (including phenoxy) is 2. The first-order chi connectivity index (χ1) is 11.9. The monoisotopic (exact) mass is 362 g/mol. The van der Waals surface area contributed by atoms with Crippen molar-refractivity contribution in [3.63, 3.8) is 0 Å². The van der Waals surface area contributed by atoms with Gasteiger partial charge in [-0.15, -0.1) is 0 Å². The van der Waals surface area contributed by atoms with E-state index in [1.165, 1.54) is 0 Å². The number of carbonyl (C=O) groups excluding carboxylic acids is 2. The highest BCUT2D eigenvalue weighted by molar-refractivity contribution is 6.32. The van der Waals surface area contributed by atoms with E-state index in [0.717, 1.165) is 11.3 Å². The summed E-state index contributed by atoms with van der Waals surface area (Å²) in [6.07, 6.45) is 0. The van der Waals surface area contributed by atoms with Gasteiger partial charge in [0, 0.05) is 12.2 Å². The zero-order chi connectivity index (χ0) is 18.4. The van der Waals surface area contributed by atoms with Gasteiger partial charge in [0.1, 0.15) is 10.9 Å². The van der Waals surface area contributed by atoms with Crippen LogP contribution in [0.15, 0.2) is 30.3 Å². The summed E-state index contributed by atoms with van der Waals surface area (Å²) in [6, 6.07) is 9.01. The van der Waals surface area contributed by atoms with Gasteiger partial charge in [0.2, 0.25) is 0 Å². The molecule has 1 aromatic carbocycles. The fourth-order valence-electron chi connectivity index (χ4n) is 2.23. The Balaban J connectivity index is 1.86.